The molecule has 0 saturated carbocycles. The van der Waals surface area contributed by atoms with Gasteiger partial charge in [-0.3, -0.25) is 9.52 Å². The van der Waals surface area contributed by atoms with E-state index in [4.69, 9.17) is 15.6 Å². The number of sulfonamides is 2. The molecule has 138 valence electrons. The van der Waals surface area contributed by atoms with Gasteiger partial charge in [0, 0.05) is 12.0 Å². The second kappa shape index (κ2) is 6.27. The Bertz CT molecular complexity index is 1110. The van der Waals surface area contributed by atoms with Crippen LogP contribution in [0.1, 0.15) is 15.9 Å². The Morgan fingerprint density at radius 3 is 2.46 bits per heavy atom. The van der Waals surface area contributed by atoms with Gasteiger partial charge < -0.3 is 10.5 Å². The molecule has 2 aromatic carbocycles. The summed E-state index contributed by atoms with van der Waals surface area (Å²) in [4.78, 5) is 10.8. The number of nitrogens with one attached hydrogen (secondary N) is 1. The summed E-state index contributed by atoms with van der Waals surface area (Å²) in [7, 11) is -8.38. The molecule has 0 bridgehead atoms. The van der Waals surface area contributed by atoms with Crippen LogP contribution in [-0.4, -0.2) is 29.3 Å². The zero-order valence-corrected chi connectivity index (χ0v) is 14.9. The number of benzene rings is 2. The van der Waals surface area contributed by atoms with Crippen molar-refractivity contribution in [1.82, 2.24) is 0 Å². The molecule has 0 saturated heterocycles. The van der Waals surface area contributed by atoms with E-state index in [1.807, 2.05) is 0 Å². The molecule has 0 atom stereocenters. The molecule has 0 aromatic heterocycles. The largest absolute Gasteiger partial charge is 0.493 e. The molecule has 0 spiro atoms. The van der Waals surface area contributed by atoms with Gasteiger partial charge in [-0.2, -0.15) is 0 Å². The number of anilines is 1. The van der Waals surface area contributed by atoms with Crippen LogP contribution in [0.5, 0.6) is 5.75 Å². The normalized spacial score (nSPS) is 13.7. The van der Waals surface area contributed by atoms with Crippen LogP contribution < -0.4 is 20.3 Å². The van der Waals surface area contributed by atoms with Gasteiger partial charge in [-0.1, -0.05) is 0 Å². The lowest BCUT2D eigenvalue weighted by molar-refractivity contribution is 0.1000. The van der Waals surface area contributed by atoms with Crippen LogP contribution in [0.4, 0.5) is 5.69 Å². The van der Waals surface area contributed by atoms with Crippen LogP contribution in [0.3, 0.4) is 0 Å². The van der Waals surface area contributed by atoms with E-state index in [1.54, 1.807) is 0 Å². The summed E-state index contributed by atoms with van der Waals surface area (Å²) >= 11 is 0. The highest BCUT2D eigenvalue weighted by molar-refractivity contribution is 7.93. The number of hydrogen-bond donors (Lipinski definition) is 3. The molecule has 26 heavy (non-hydrogen) atoms. The molecule has 0 unspecified atom stereocenters. The lowest BCUT2D eigenvalue weighted by atomic mass is 10.2. The van der Waals surface area contributed by atoms with Gasteiger partial charge in [-0.05, 0) is 42.0 Å². The molecule has 2 aromatic rings. The van der Waals surface area contributed by atoms with E-state index in [0.29, 0.717) is 18.8 Å². The molecule has 5 N–H and O–H groups in total. The highest BCUT2D eigenvalue weighted by Gasteiger charge is 2.23. The second-order valence-corrected chi connectivity index (χ2v) is 8.81. The Kier molecular flexibility index (Phi) is 4.38. The minimum Gasteiger partial charge on any atom is -0.493 e. The number of carbonyl (C=O) groups excluding carboxylic acids is 1. The molecule has 1 aliphatic heterocycles. The van der Waals surface area contributed by atoms with E-state index in [0.717, 1.165) is 23.8 Å². The van der Waals surface area contributed by atoms with E-state index >= 15 is 0 Å². The third-order valence-corrected chi connectivity index (χ3v) is 6.12. The van der Waals surface area contributed by atoms with Gasteiger partial charge in [-0.25, -0.2) is 22.0 Å². The number of carbonyl (C=O) groups is 1. The van der Waals surface area contributed by atoms with Crippen molar-refractivity contribution >= 4 is 31.6 Å². The van der Waals surface area contributed by atoms with Gasteiger partial charge in [0.1, 0.15) is 10.6 Å². The van der Waals surface area contributed by atoms with Crippen molar-refractivity contribution in [2.45, 2.75) is 16.2 Å². The number of primary amides is 1. The summed E-state index contributed by atoms with van der Waals surface area (Å²) in [5, 5.41) is 5.12. The Balaban J connectivity index is 2.06. The van der Waals surface area contributed by atoms with Crippen molar-refractivity contribution in [1.29, 1.82) is 0 Å². The molecule has 0 radical (unpaired) electrons. The molecule has 0 fully saturated rings. The van der Waals surface area contributed by atoms with E-state index in [9.17, 15) is 21.6 Å². The molecule has 9 nitrogen and oxygen atoms in total. The summed E-state index contributed by atoms with van der Waals surface area (Å²) in [6, 6.07) is 7.49. The first kappa shape index (κ1) is 18.2. The molecule has 1 amide bonds. The SMILES string of the molecule is NC(=O)c1ccc(S(N)(=O)=O)c(NS(=O)(=O)c2ccc3c(c2)CCO3)c1. The van der Waals surface area contributed by atoms with Crippen molar-refractivity contribution in [2.24, 2.45) is 10.9 Å². The molecular formula is C15H15N3O6S2. The third kappa shape index (κ3) is 3.49. The Morgan fingerprint density at radius 1 is 1.08 bits per heavy atom. The van der Waals surface area contributed by atoms with Crippen LogP contribution in [0.2, 0.25) is 0 Å². The van der Waals surface area contributed by atoms with Gasteiger partial charge in [-0.15, -0.1) is 0 Å². The Hall–Kier alpha value is -2.63. The fourth-order valence-corrected chi connectivity index (χ4v) is 4.40. The monoisotopic (exact) mass is 397 g/mol. The van der Waals surface area contributed by atoms with Gasteiger partial charge in [0.2, 0.25) is 15.9 Å². The van der Waals surface area contributed by atoms with Crippen LogP contribution in [0.25, 0.3) is 0 Å². The maximum absolute atomic E-state index is 12.7. The lowest BCUT2D eigenvalue weighted by Crippen LogP contribution is -2.20. The van der Waals surface area contributed by atoms with E-state index in [2.05, 4.69) is 4.72 Å². The molecule has 1 heterocycles. The predicted molar refractivity (Wildman–Crippen MR) is 92.8 cm³/mol. The van der Waals surface area contributed by atoms with Crippen molar-refractivity contribution in [3.63, 3.8) is 0 Å². The number of amides is 1. The highest BCUT2D eigenvalue weighted by atomic mass is 32.2. The van der Waals surface area contributed by atoms with Crippen molar-refractivity contribution in [3.05, 3.63) is 47.5 Å². The van der Waals surface area contributed by atoms with Crippen molar-refractivity contribution in [3.8, 4) is 5.75 Å². The second-order valence-electron chi connectivity index (χ2n) is 5.59. The molecular weight excluding hydrogens is 382 g/mol. The van der Waals surface area contributed by atoms with Gasteiger partial charge in [0.25, 0.3) is 10.0 Å². The quantitative estimate of drug-likeness (QED) is 0.652. The first-order valence-electron chi connectivity index (χ1n) is 7.33. The third-order valence-electron chi connectivity index (χ3n) is 3.79. The predicted octanol–water partition coefficient (Wildman–Crippen LogP) is 0.169. The molecule has 11 heteroatoms. The van der Waals surface area contributed by atoms with Gasteiger partial charge in [0.05, 0.1) is 17.2 Å². The van der Waals surface area contributed by atoms with Crippen molar-refractivity contribution in [2.75, 3.05) is 11.3 Å². The maximum Gasteiger partial charge on any atom is 0.261 e. The Morgan fingerprint density at radius 2 is 1.81 bits per heavy atom. The average molecular weight is 397 g/mol. The van der Waals surface area contributed by atoms with Crippen molar-refractivity contribution < 1.29 is 26.4 Å². The maximum atomic E-state index is 12.7. The fraction of sp³-hybridized carbons (Fsp3) is 0.133. The number of fused-ring (bicyclic) bond motifs is 1. The summed E-state index contributed by atoms with van der Waals surface area (Å²) in [5.74, 6) is -0.244. The van der Waals surface area contributed by atoms with Crippen LogP contribution >= 0.6 is 0 Å². The average Bonchev–Trinajstić information content (AvgIpc) is 3.00. The summed E-state index contributed by atoms with van der Waals surface area (Å²) in [5.41, 5.74) is 5.46. The lowest BCUT2D eigenvalue weighted by Gasteiger charge is -2.13. The molecule has 1 aliphatic rings. The minimum absolute atomic E-state index is 0.0718. The fourth-order valence-electron chi connectivity index (χ4n) is 2.54. The van der Waals surface area contributed by atoms with Crippen LogP contribution in [-0.2, 0) is 26.5 Å². The molecule has 0 aliphatic carbocycles. The zero-order valence-electron chi connectivity index (χ0n) is 13.3. The Labute approximate surface area is 150 Å². The number of primary sulfonamides is 1. The van der Waals surface area contributed by atoms with E-state index in [-0.39, 0.29) is 16.1 Å². The summed E-state index contributed by atoms with van der Waals surface area (Å²) in [6.07, 6.45) is 0.568. The van der Waals surface area contributed by atoms with E-state index < -0.39 is 30.8 Å². The summed E-state index contributed by atoms with van der Waals surface area (Å²) < 4.78 is 56.2. The standard InChI is InChI=1S/C15H15N3O6S2/c16-15(19)10-1-4-14(25(17,20)21)12(8-10)18-26(22,23)11-2-3-13-9(7-11)5-6-24-13/h1-4,7-8,18H,5-6H2,(H2,16,19)(H2,17,20,21). The highest BCUT2D eigenvalue weighted by Crippen LogP contribution is 2.30. The zero-order chi connectivity index (χ0) is 19.1. The number of nitrogens with two attached hydrogens (primary N) is 2. The first-order valence-corrected chi connectivity index (χ1v) is 10.4. The van der Waals surface area contributed by atoms with E-state index in [1.165, 1.54) is 18.2 Å². The number of hydrogen-bond acceptors (Lipinski definition) is 6. The van der Waals surface area contributed by atoms with Crippen LogP contribution in [0.15, 0.2) is 46.2 Å². The molecule has 3 rings (SSSR count). The van der Waals surface area contributed by atoms with Gasteiger partial charge in [0.15, 0.2) is 0 Å². The minimum atomic E-state index is -4.24. The van der Waals surface area contributed by atoms with Crippen LogP contribution in [0, 0.1) is 0 Å². The topological polar surface area (TPSA) is 159 Å². The first-order chi connectivity index (χ1) is 12.1. The smallest absolute Gasteiger partial charge is 0.261 e. The van der Waals surface area contributed by atoms with Gasteiger partial charge >= 0.3 is 0 Å². The summed E-state index contributed by atoms with van der Waals surface area (Å²) in [6.45, 7) is 0.461. The number of ether oxygens (including phenoxy) is 1. The number of rotatable bonds is 5.